The Morgan fingerprint density at radius 2 is 2.17 bits per heavy atom. The van der Waals surface area contributed by atoms with Gasteiger partial charge in [0.25, 0.3) is 0 Å². The van der Waals surface area contributed by atoms with Crippen LogP contribution in [-0.4, -0.2) is 43.7 Å². The van der Waals surface area contributed by atoms with Gasteiger partial charge in [0.2, 0.25) is 5.91 Å². The molecule has 0 bridgehead atoms. The minimum Gasteiger partial charge on any atom is -0.378 e. The molecule has 5 heteroatoms. The number of hydrogen-bond acceptors (Lipinski definition) is 3. The van der Waals surface area contributed by atoms with Crippen LogP contribution in [0.25, 0.3) is 0 Å². The third kappa shape index (κ3) is 3.46. The van der Waals surface area contributed by atoms with E-state index in [0.29, 0.717) is 32.8 Å². The molecular formula is C13H17BrN2O2. The lowest BCUT2D eigenvalue weighted by atomic mass is 10.2. The van der Waals surface area contributed by atoms with E-state index in [1.165, 1.54) is 0 Å². The van der Waals surface area contributed by atoms with Gasteiger partial charge in [0.05, 0.1) is 19.8 Å². The van der Waals surface area contributed by atoms with Crippen LogP contribution < -0.4 is 5.32 Å². The second-order valence-electron chi connectivity index (χ2n) is 4.31. The number of hydrogen-bond donors (Lipinski definition) is 1. The second-order valence-corrected chi connectivity index (χ2v) is 5.17. The van der Waals surface area contributed by atoms with Crippen LogP contribution in [0.15, 0.2) is 22.7 Å². The van der Waals surface area contributed by atoms with Gasteiger partial charge >= 0.3 is 0 Å². The highest BCUT2D eigenvalue weighted by molar-refractivity contribution is 9.10. The van der Waals surface area contributed by atoms with E-state index >= 15 is 0 Å². The van der Waals surface area contributed by atoms with Crippen molar-refractivity contribution in [3.63, 3.8) is 0 Å². The van der Waals surface area contributed by atoms with E-state index in [1.54, 1.807) is 0 Å². The first-order chi connectivity index (χ1) is 8.66. The van der Waals surface area contributed by atoms with E-state index in [4.69, 9.17) is 4.74 Å². The molecule has 0 saturated carbocycles. The van der Waals surface area contributed by atoms with Gasteiger partial charge in [0, 0.05) is 23.2 Å². The summed E-state index contributed by atoms with van der Waals surface area (Å²) in [5.41, 5.74) is 2.12. The largest absolute Gasteiger partial charge is 0.378 e. The number of aryl methyl sites for hydroxylation is 1. The zero-order chi connectivity index (χ0) is 13.0. The second kappa shape index (κ2) is 6.20. The van der Waals surface area contributed by atoms with Crippen LogP contribution in [0.2, 0.25) is 0 Å². The standard InChI is InChI=1S/C13H17BrN2O2/c1-10-8-11(2-3-12(10)14)15-9-13(17)16-4-6-18-7-5-16/h2-3,8,15H,4-7,9H2,1H3. The van der Waals surface area contributed by atoms with Crippen LogP contribution >= 0.6 is 15.9 Å². The number of nitrogens with zero attached hydrogens (tertiary/aromatic N) is 1. The van der Waals surface area contributed by atoms with Crippen molar-refractivity contribution < 1.29 is 9.53 Å². The van der Waals surface area contributed by atoms with Crippen molar-refractivity contribution in [1.29, 1.82) is 0 Å². The molecule has 0 aliphatic carbocycles. The van der Waals surface area contributed by atoms with Crippen molar-refractivity contribution in [2.24, 2.45) is 0 Å². The highest BCUT2D eigenvalue weighted by Gasteiger charge is 2.16. The minimum absolute atomic E-state index is 0.124. The van der Waals surface area contributed by atoms with Gasteiger partial charge in [-0.15, -0.1) is 0 Å². The van der Waals surface area contributed by atoms with E-state index in [9.17, 15) is 4.79 Å². The van der Waals surface area contributed by atoms with Gasteiger partial charge in [0.15, 0.2) is 0 Å². The number of carbonyl (C=O) groups is 1. The fourth-order valence-corrected chi connectivity index (χ4v) is 2.10. The monoisotopic (exact) mass is 312 g/mol. The summed E-state index contributed by atoms with van der Waals surface area (Å²) >= 11 is 3.46. The molecule has 4 nitrogen and oxygen atoms in total. The molecule has 1 heterocycles. The van der Waals surface area contributed by atoms with Gasteiger partial charge in [-0.1, -0.05) is 15.9 Å². The highest BCUT2D eigenvalue weighted by Crippen LogP contribution is 2.19. The summed E-state index contributed by atoms with van der Waals surface area (Å²) in [7, 11) is 0. The lowest BCUT2D eigenvalue weighted by Crippen LogP contribution is -2.43. The molecule has 1 aliphatic heterocycles. The minimum atomic E-state index is 0.124. The average Bonchev–Trinajstić information content (AvgIpc) is 2.41. The fourth-order valence-electron chi connectivity index (χ4n) is 1.86. The Morgan fingerprint density at radius 1 is 1.44 bits per heavy atom. The smallest absolute Gasteiger partial charge is 0.242 e. The predicted octanol–water partition coefficient (Wildman–Crippen LogP) is 2.03. The first-order valence-corrected chi connectivity index (χ1v) is 6.81. The van der Waals surface area contributed by atoms with E-state index in [1.807, 2.05) is 30.0 Å². The molecule has 1 amide bonds. The van der Waals surface area contributed by atoms with Gasteiger partial charge in [0.1, 0.15) is 0 Å². The van der Waals surface area contributed by atoms with E-state index in [0.717, 1.165) is 15.7 Å². The maximum absolute atomic E-state index is 11.9. The molecule has 0 unspecified atom stereocenters. The molecule has 0 radical (unpaired) electrons. The number of rotatable bonds is 3. The van der Waals surface area contributed by atoms with Crippen molar-refractivity contribution in [2.75, 3.05) is 38.2 Å². The van der Waals surface area contributed by atoms with Crippen molar-refractivity contribution in [3.05, 3.63) is 28.2 Å². The van der Waals surface area contributed by atoms with Crippen LogP contribution in [0, 0.1) is 6.92 Å². The summed E-state index contributed by atoms with van der Waals surface area (Å²) in [5, 5.41) is 3.16. The number of carbonyl (C=O) groups excluding carboxylic acids is 1. The van der Waals surface area contributed by atoms with E-state index in [-0.39, 0.29) is 5.91 Å². The van der Waals surface area contributed by atoms with Gasteiger partial charge in [-0.05, 0) is 30.7 Å². The average molecular weight is 313 g/mol. The summed E-state index contributed by atoms with van der Waals surface area (Å²) in [6.07, 6.45) is 0. The van der Waals surface area contributed by atoms with Crippen LogP contribution in [0.1, 0.15) is 5.56 Å². The zero-order valence-electron chi connectivity index (χ0n) is 10.4. The molecule has 1 aliphatic rings. The Bertz CT molecular complexity index is 431. The number of halogens is 1. The number of morpholine rings is 1. The van der Waals surface area contributed by atoms with Crippen LogP contribution in [0.3, 0.4) is 0 Å². The maximum atomic E-state index is 11.9. The molecule has 1 fully saturated rings. The van der Waals surface area contributed by atoms with Gasteiger partial charge in [-0.2, -0.15) is 0 Å². The third-order valence-electron chi connectivity index (χ3n) is 2.97. The number of benzene rings is 1. The molecule has 0 aromatic heterocycles. The Kier molecular flexibility index (Phi) is 4.60. The lowest BCUT2D eigenvalue weighted by Gasteiger charge is -2.27. The van der Waals surface area contributed by atoms with Crippen LogP contribution in [-0.2, 0) is 9.53 Å². The first kappa shape index (κ1) is 13.4. The lowest BCUT2D eigenvalue weighted by molar-refractivity contribution is -0.133. The van der Waals surface area contributed by atoms with E-state index in [2.05, 4.69) is 21.2 Å². The third-order valence-corrected chi connectivity index (χ3v) is 3.86. The fraction of sp³-hybridized carbons (Fsp3) is 0.462. The molecule has 1 aromatic carbocycles. The van der Waals surface area contributed by atoms with Crippen molar-refractivity contribution in [3.8, 4) is 0 Å². The summed E-state index contributed by atoms with van der Waals surface area (Å²) in [5.74, 6) is 0.124. The Labute approximate surface area is 115 Å². The molecule has 1 N–H and O–H groups in total. The summed E-state index contributed by atoms with van der Waals surface area (Å²) in [6.45, 7) is 5.03. The summed E-state index contributed by atoms with van der Waals surface area (Å²) < 4.78 is 6.30. The quantitative estimate of drug-likeness (QED) is 0.928. The number of ether oxygens (including phenoxy) is 1. The molecule has 2 rings (SSSR count). The molecule has 18 heavy (non-hydrogen) atoms. The molecule has 98 valence electrons. The van der Waals surface area contributed by atoms with Gasteiger partial charge < -0.3 is 15.0 Å². The number of nitrogens with one attached hydrogen (secondary N) is 1. The number of amides is 1. The summed E-state index contributed by atoms with van der Waals surface area (Å²) in [4.78, 5) is 13.8. The zero-order valence-corrected chi connectivity index (χ0v) is 12.0. The molecule has 0 atom stereocenters. The van der Waals surface area contributed by atoms with Crippen molar-refractivity contribution >= 4 is 27.5 Å². The molecule has 1 aromatic rings. The van der Waals surface area contributed by atoms with Gasteiger partial charge in [-0.3, -0.25) is 4.79 Å². The number of anilines is 1. The molecular weight excluding hydrogens is 296 g/mol. The first-order valence-electron chi connectivity index (χ1n) is 6.02. The Morgan fingerprint density at radius 3 is 2.83 bits per heavy atom. The topological polar surface area (TPSA) is 41.6 Å². The normalized spacial score (nSPS) is 15.6. The van der Waals surface area contributed by atoms with Gasteiger partial charge in [-0.25, -0.2) is 0 Å². The van der Waals surface area contributed by atoms with E-state index < -0.39 is 0 Å². The molecule has 1 saturated heterocycles. The van der Waals surface area contributed by atoms with Crippen LogP contribution in [0.4, 0.5) is 5.69 Å². The Balaban J connectivity index is 1.86. The van der Waals surface area contributed by atoms with Crippen molar-refractivity contribution in [2.45, 2.75) is 6.92 Å². The maximum Gasteiger partial charge on any atom is 0.242 e. The highest BCUT2D eigenvalue weighted by atomic mass is 79.9. The Hall–Kier alpha value is -1.07. The predicted molar refractivity (Wildman–Crippen MR) is 74.8 cm³/mol. The van der Waals surface area contributed by atoms with Crippen LogP contribution in [0.5, 0.6) is 0 Å². The van der Waals surface area contributed by atoms with Crippen molar-refractivity contribution in [1.82, 2.24) is 4.90 Å². The molecule has 0 spiro atoms. The SMILES string of the molecule is Cc1cc(NCC(=O)N2CCOCC2)ccc1Br. The summed E-state index contributed by atoms with van der Waals surface area (Å²) in [6, 6.07) is 5.97.